The van der Waals surface area contributed by atoms with Gasteiger partial charge in [-0.15, -0.1) is 6.58 Å². The van der Waals surface area contributed by atoms with Crippen LogP contribution in [0, 0.1) is 0 Å². The highest BCUT2D eigenvalue weighted by molar-refractivity contribution is 4.94. The molecule has 0 aliphatic carbocycles. The van der Waals surface area contributed by atoms with E-state index < -0.39 is 5.79 Å². The molecule has 0 aromatic rings. The number of rotatable bonds is 4. The van der Waals surface area contributed by atoms with Crippen LogP contribution < -0.4 is 16.8 Å². The minimum absolute atomic E-state index is 0.582. The van der Waals surface area contributed by atoms with Crippen LogP contribution in [0.1, 0.15) is 0 Å². The number of hydrogen-bond donors (Lipinski definition) is 3. The van der Waals surface area contributed by atoms with E-state index in [0.29, 0.717) is 6.54 Å². The van der Waals surface area contributed by atoms with Crippen LogP contribution in [0.4, 0.5) is 0 Å². The van der Waals surface area contributed by atoms with Gasteiger partial charge in [0.2, 0.25) is 0 Å². The fourth-order valence-electron chi connectivity index (χ4n) is 0.321. The van der Waals surface area contributed by atoms with Gasteiger partial charge in [0.25, 0.3) is 0 Å². The molecule has 0 bridgehead atoms. The number of hydrogen-bond acceptors (Lipinski definition) is 3. The van der Waals surface area contributed by atoms with Gasteiger partial charge in [-0.2, -0.15) is 0 Å². The fraction of sp³-hybridized carbons (Fsp3) is 0.333. The Morgan fingerprint density at radius 3 is 2.33 bits per heavy atom. The van der Waals surface area contributed by atoms with Crippen molar-refractivity contribution in [3.8, 4) is 0 Å². The van der Waals surface area contributed by atoms with E-state index in [0.717, 1.165) is 0 Å². The third kappa shape index (κ3) is 3.90. The van der Waals surface area contributed by atoms with Crippen molar-refractivity contribution in [3.05, 3.63) is 25.3 Å². The molecule has 0 atom stereocenters. The van der Waals surface area contributed by atoms with E-state index in [4.69, 9.17) is 11.5 Å². The molecule has 5 N–H and O–H groups in total. The molecule has 0 radical (unpaired) electrons. The average molecular weight is 127 g/mol. The molecule has 52 valence electrons. The predicted octanol–water partition coefficient (Wildman–Crippen LogP) is -0.481. The van der Waals surface area contributed by atoms with Crippen LogP contribution in [0.3, 0.4) is 0 Å². The van der Waals surface area contributed by atoms with Gasteiger partial charge in [0.05, 0.1) is 0 Å². The van der Waals surface area contributed by atoms with Crippen molar-refractivity contribution >= 4 is 0 Å². The monoisotopic (exact) mass is 127 g/mol. The van der Waals surface area contributed by atoms with Gasteiger partial charge < -0.3 is 0 Å². The minimum atomic E-state index is -0.964. The van der Waals surface area contributed by atoms with Crippen LogP contribution >= 0.6 is 0 Å². The average Bonchev–Trinajstić information content (AvgIpc) is 1.84. The van der Waals surface area contributed by atoms with Crippen LogP contribution in [0.5, 0.6) is 0 Å². The number of nitrogens with two attached hydrogens (primary N) is 2. The maximum atomic E-state index is 5.40. The quantitative estimate of drug-likeness (QED) is 0.353. The lowest BCUT2D eigenvalue weighted by Gasteiger charge is -2.19. The van der Waals surface area contributed by atoms with Gasteiger partial charge in [-0.3, -0.25) is 16.8 Å². The normalized spacial score (nSPS) is 10.9. The van der Waals surface area contributed by atoms with Crippen molar-refractivity contribution in [3.63, 3.8) is 0 Å². The van der Waals surface area contributed by atoms with E-state index in [1.54, 1.807) is 6.08 Å². The molecule has 0 rings (SSSR count). The van der Waals surface area contributed by atoms with Crippen molar-refractivity contribution in [1.29, 1.82) is 0 Å². The Hall–Kier alpha value is -0.640. The first-order chi connectivity index (χ1) is 4.12. The van der Waals surface area contributed by atoms with Crippen molar-refractivity contribution in [2.24, 2.45) is 11.5 Å². The molecule has 0 unspecified atom stereocenters. The Morgan fingerprint density at radius 2 is 2.00 bits per heavy atom. The molecule has 0 fully saturated rings. The SMILES string of the molecule is C=CCNC(N)(N)C=C. The first kappa shape index (κ1) is 8.36. The molecule has 0 saturated carbocycles. The van der Waals surface area contributed by atoms with Crippen LogP contribution in [0.25, 0.3) is 0 Å². The molecular formula is C6H13N3. The molecule has 0 aliphatic heterocycles. The van der Waals surface area contributed by atoms with Crippen molar-refractivity contribution in [2.75, 3.05) is 6.54 Å². The fourth-order valence-corrected chi connectivity index (χ4v) is 0.321. The van der Waals surface area contributed by atoms with Crippen LogP contribution in [0.2, 0.25) is 0 Å². The van der Waals surface area contributed by atoms with Gasteiger partial charge >= 0.3 is 0 Å². The van der Waals surface area contributed by atoms with E-state index in [9.17, 15) is 0 Å². The summed E-state index contributed by atoms with van der Waals surface area (Å²) in [6.45, 7) is 7.51. The molecule has 0 aromatic heterocycles. The zero-order chi connectivity index (χ0) is 7.33. The Kier molecular flexibility index (Phi) is 3.16. The van der Waals surface area contributed by atoms with Crippen molar-refractivity contribution in [2.45, 2.75) is 5.79 Å². The summed E-state index contributed by atoms with van der Waals surface area (Å²) in [5.74, 6) is -0.964. The standard InChI is InChI=1S/C6H13N3/c1-3-5-9-6(7,8)4-2/h3-4,9H,1-2,5,7-8H2. The lowest BCUT2D eigenvalue weighted by Crippen LogP contribution is -2.59. The topological polar surface area (TPSA) is 64.1 Å². The van der Waals surface area contributed by atoms with E-state index in [2.05, 4.69) is 18.5 Å². The molecule has 3 nitrogen and oxygen atoms in total. The Balaban J connectivity index is 3.57. The lowest BCUT2D eigenvalue weighted by atomic mass is 10.3. The third-order valence-corrected chi connectivity index (χ3v) is 0.890. The molecule has 0 heterocycles. The summed E-state index contributed by atoms with van der Waals surface area (Å²) in [7, 11) is 0. The highest BCUT2D eigenvalue weighted by Crippen LogP contribution is 1.82. The van der Waals surface area contributed by atoms with Gasteiger partial charge in [0, 0.05) is 6.54 Å². The molecule has 0 aliphatic rings. The maximum Gasteiger partial charge on any atom is 0.138 e. The summed E-state index contributed by atoms with van der Waals surface area (Å²) in [5.41, 5.74) is 10.8. The Morgan fingerprint density at radius 1 is 1.44 bits per heavy atom. The summed E-state index contributed by atoms with van der Waals surface area (Å²) >= 11 is 0. The summed E-state index contributed by atoms with van der Waals surface area (Å²) in [6, 6.07) is 0. The van der Waals surface area contributed by atoms with Crippen molar-refractivity contribution < 1.29 is 0 Å². The summed E-state index contributed by atoms with van der Waals surface area (Å²) < 4.78 is 0. The van der Waals surface area contributed by atoms with Crippen LogP contribution in [-0.2, 0) is 0 Å². The van der Waals surface area contributed by atoms with Gasteiger partial charge in [-0.1, -0.05) is 12.7 Å². The Labute approximate surface area is 55.4 Å². The Bertz CT molecular complexity index is 107. The minimum Gasteiger partial charge on any atom is -0.298 e. The molecule has 9 heavy (non-hydrogen) atoms. The smallest absolute Gasteiger partial charge is 0.138 e. The van der Waals surface area contributed by atoms with Crippen molar-refractivity contribution in [1.82, 2.24) is 5.32 Å². The first-order valence-electron chi connectivity index (χ1n) is 2.69. The molecule has 3 heteroatoms. The second-order valence-corrected chi connectivity index (χ2v) is 1.81. The molecule has 0 saturated heterocycles. The summed E-state index contributed by atoms with van der Waals surface area (Å²) in [4.78, 5) is 0. The largest absolute Gasteiger partial charge is 0.298 e. The van der Waals surface area contributed by atoms with Gasteiger partial charge in [0.1, 0.15) is 5.79 Å². The second kappa shape index (κ2) is 3.40. The highest BCUT2D eigenvalue weighted by atomic mass is 15.2. The predicted molar refractivity (Wildman–Crippen MR) is 39.5 cm³/mol. The summed E-state index contributed by atoms with van der Waals surface area (Å²) in [6.07, 6.45) is 3.12. The first-order valence-corrected chi connectivity index (χ1v) is 2.69. The van der Waals surface area contributed by atoms with E-state index in [-0.39, 0.29) is 0 Å². The van der Waals surface area contributed by atoms with E-state index >= 15 is 0 Å². The molecule has 0 aromatic carbocycles. The second-order valence-electron chi connectivity index (χ2n) is 1.81. The maximum absolute atomic E-state index is 5.40. The van der Waals surface area contributed by atoms with Crippen LogP contribution in [-0.4, -0.2) is 12.3 Å². The van der Waals surface area contributed by atoms with E-state index in [1.165, 1.54) is 6.08 Å². The zero-order valence-corrected chi connectivity index (χ0v) is 5.43. The van der Waals surface area contributed by atoms with Gasteiger partial charge in [-0.05, 0) is 6.08 Å². The zero-order valence-electron chi connectivity index (χ0n) is 5.43. The third-order valence-electron chi connectivity index (χ3n) is 0.890. The van der Waals surface area contributed by atoms with Crippen LogP contribution in [0.15, 0.2) is 25.3 Å². The molecule has 0 amide bonds. The van der Waals surface area contributed by atoms with Gasteiger partial charge in [-0.25, -0.2) is 0 Å². The van der Waals surface area contributed by atoms with E-state index in [1.807, 2.05) is 0 Å². The summed E-state index contributed by atoms with van der Waals surface area (Å²) in [5, 5.41) is 2.78. The molecular weight excluding hydrogens is 114 g/mol. The lowest BCUT2D eigenvalue weighted by molar-refractivity contribution is 0.454. The molecule has 0 spiro atoms. The van der Waals surface area contributed by atoms with Gasteiger partial charge in [0.15, 0.2) is 0 Å². The number of nitrogens with one attached hydrogen (secondary N) is 1. The highest BCUT2D eigenvalue weighted by Gasteiger charge is 2.09.